The van der Waals surface area contributed by atoms with Crippen LogP contribution in [0.2, 0.25) is 0 Å². The molecule has 0 aliphatic carbocycles. The third kappa shape index (κ3) is 5.12. The van der Waals surface area contributed by atoms with Gasteiger partial charge in [-0.05, 0) is 44.4 Å². The molecule has 1 atom stereocenters. The van der Waals surface area contributed by atoms with Crippen molar-refractivity contribution in [3.63, 3.8) is 0 Å². The molecule has 0 saturated heterocycles. The van der Waals surface area contributed by atoms with E-state index in [-0.39, 0.29) is 17.4 Å². The summed E-state index contributed by atoms with van der Waals surface area (Å²) in [6.45, 7) is 7.62. The van der Waals surface area contributed by atoms with E-state index in [9.17, 15) is 18.0 Å². The summed E-state index contributed by atoms with van der Waals surface area (Å²) in [7, 11) is 1.16. The molecule has 0 spiro atoms. The fraction of sp³-hybridized carbons (Fsp3) is 0.588. The summed E-state index contributed by atoms with van der Waals surface area (Å²) in [5.74, 6) is -0.583. The van der Waals surface area contributed by atoms with Crippen LogP contribution in [0.25, 0.3) is 0 Å². The van der Waals surface area contributed by atoms with Crippen molar-refractivity contribution < 1.29 is 27.4 Å². The molecule has 0 fully saturated rings. The van der Waals surface area contributed by atoms with Gasteiger partial charge in [-0.25, -0.2) is 0 Å². The molecule has 1 rings (SSSR count). The van der Waals surface area contributed by atoms with Crippen molar-refractivity contribution >= 4 is 11.6 Å². The van der Waals surface area contributed by atoms with E-state index in [0.29, 0.717) is 13.0 Å². The molecule has 1 aromatic carbocycles. The molecule has 0 bridgehead atoms. The Balaban J connectivity index is 3.09. The molecule has 24 heavy (non-hydrogen) atoms. The third-order valence-corrected chi connectivity index (χ3v) is 3.50. The van der Waals surface area contributed by atoms with Crippen LogP contribution in [-0.4, -0.2) is 25.2 Å². The van der Waals surface area contributed by atoms with Crippen LogP contribution in [-0.2, 0) is 15.7 Å². The summed E-state index contributed by atoms with van der Waals surface area (Å²) >= 11 is 0. The highest BCUT2D eigenvalue weighted by atomic mass is 19.4. The van der Waals surface area contributed by atoms with Crippen molar-refractivity contribution in [2.45, 2.75) is 45.9 Å². The van der Waals surface area contributed by atoms with E-state index in [1.54, 1.807) is 13.8 Å². The number of nitrogens with one attached hydrogen (secondary N) is 1. The molecule has 0 aliphatic rings. The van der Waals surface area contributed by atoms with E-state index >= 15 is 0 Å². The molecule has 1 N–H and O–H groups in total. The second kappa shape index (κ2) is 7.88. The summed E-state index contributed by atoms with van der Waals surface area (Å²) in [4.78, 5) is 12.5. The largest absolute Gasteiger partial charge is 0.496 e. The highest BCUT2D eigenvalue weighted by molar-refractivity contribution is 5.97. The molecule has 0 radical (unpaired) electrons. The zero-order valence-electron chi connectivity index (χ0n) is 14.6. The van der Waals surface area contributed by atoms with Crippen LogP contribution in [0.1, 0.15) is 39.7 Å². The highest BCUT2D eigenvalue weighted by Gasteiger charge is 2.37. The van der Waals surface area contributed by atoms with Gasteiger partial charge in [-0.3, -0.25) is 4.79 Å². The number of hydrogen-bond donors (Lipinski definition) is 1. The SMILES string of the molecule is CCO[C@](C)(CC(C)C)C(=O)Nc1ccc(OC)c(C(F)(F)F)c1. The summed E-state index contributed by atoms with van der Waals surface area (Å²) in [5.41, 5.74) is -2.01. The van der Waals surface area contributed by atoms with Gasteiger partial charge in [-0.2, -0.15) is 13.2 Å². The molecule has 0 aromatic heterocycles. The van der Waals surface area contributed by atoms with Gasteiger partial charge in [0.2, 0.25) is 0 Å². The Kier molecular flexibility index (Phi) is 6.66. The van der Waals surface area contributed by atoms with Gasteiger partial charge < -0.3 is 14.8 Å². The fourth-order valence-corrected chi connectivity index (χ4v) is 2.59. The number of carbonyl (C=O) groups is 1. The molecule has 0 heterocycles. The fourth-order valence-electron chi connectivity index (χ4n) is 2.59. The summed E-state index contributed by atoms with van der Waals surface area (Å²) < 4.78 is 49.5. The number of amides is 1. The Morgan fingerprint density at radius 1 is 1.29 bits per heavy atom. The van der Waals surface area contributed by atoms with Crippen molar-refractivity contribution in [3.05, 3.63) is 23.8 Å². The molecular formula is C17H24F3NO3. The highest BCUT2D eigenvalue weighted by Crippen LogP contribution is 2.38. The van der Waals surface area contributed by atoms with Crippen LogP contribution >= 0.6 is 0 Å². The van der Waals surface area contributed by atoms with E-state index in [1.807, 2.05) is 13.8 Å². The Morgan fingerprint density at radius 3 is 2.38 bits per heavy atom. The average molecular weight is 347 g/mol. The minimum absolute atomic E-state index is 0.0443. The zero-order valence-corrected chi connectivity index (χ0v) is 14.6. The second-order valence-electron chi connectivity index (χ2n) is 6.13. The van der Waals surface area contributed by atoms with Gasteiger partial charge in [-0.15, -0.1) is 0 Å². The van der Waals surface area contributed by atoms with E-state index in [4.69, 9.17) is 9.47 Å². The lowest BCUT2D eigenvalue weighted by Crippen LogP contribution is -2.44. The molecule has 4 nitrogen and oxygen atoms in total. The topological polar surface area (TPSA) is 47.6 Å². The molecule has 7 heteroatoms. The number of anilines is 1. The minimum Gasteiger partial charge on any atom is -0.496 e. The predicted molar refractivity (Wildman–Crippen MR) is 86.1 cm³/mol. The first-order valence-electron chi connectivity index (χ1n) is 7.74. The molecule has 0 unspecified atom stereocenters. The molecule has 136 valence electrons. The Morgan fingerprint density at radius 2 is 1.92 bits per heavy atom. The number of hydrogen-bond acceptors (Lipinski definition) is 3. The predicted octanol–water partition coefficient (Wildman–Crippen LogP) is 4.49. The van der Waals surface area contributed by atoms with Crippen LogP contribution in [0, 0.1) is 5.92 Å². The zero-order chi connectivity index (χ0) is 18.5. The summed E-state index contributed by atoms with van der Waals surface area (Å²) in [6, 6.07) is 3.41. The number of halogens is 3. The van der Waals surface area contributed by atoms with Gasteiger partial charge in [0.1, 0.15) is 11.4 Å². The molecule has 1 aromatic rings. The van der Waals surface area contributed by atoms with Crippen molar-refractivity contribution in [2.24, 2.45) is 5.92 Å². The van der Waals surface area contributed by atoms with Gasteiger partial charge in [0.05, 0.1) is 12.7 Å². The number of methoxy groups -OCH3 is 1. The molecule has 0 saturated carbocycles. The summed E-state index contributed by atoms with van der Waals surface area (Å²) in [6.07, 6.45) is -4.12. The molecule has 0 aliphatic heterocycles. The van der Waals surface area contributed by atoms with E-state index < -0.39 is 23.2 Å². The Bertz CT molecular complexity index is 573. The lowest BCUT2D eigenvalue weighted by Gasteiger charge is -2.30. The Hall–Kier alpha value is -1.76. The maximum Gasteiger partial charge on any atom is 0.420 e. The van der Waals surface area contributed by atoms with Crippen LogP contribution in [0.15, 0.2) is 18.2 Å². The van der Waals surface area contributed by atoms with Crippen LogP contribution in [0.3, 0.4) is 0 Å². The minimum atomic E-state index is -4.58. The van der Waals surface area contributed by atoms with E-state index in [2.05, 4.69) is 5.32 Å². The third-order valence-electron chi connectivity index (χ3n) is 3.50. The van der Waals surface area contributed by atoms with Gasteiger partial charge in [0, 0.05) is 12.3 Å². The first-order valence-corrected chi connectivity index (χ1v) is 7.74. The van der Waals surface area contributed by atoms with Crippen LogP contribution in [0.5, 0.6) is 5.75 Å². The van der Waals surface area contributed by atoms with Crippen molar-refractivity contribution in [2.75, 3.05) is 19.0 Å². The van der Waals surface area contributed by atoms with E-state index in [0.717, 1.165) is 13.2 Å². The number of alkyl halides is 3. The van der Waals surface area contributed by atoms with Crippen LogP contribution < -0.4 is 10.1 Å². The number of carbonyl (C=O) groups excluding carboxylic acids is 1. The molecule has 1 amide bonds. The maximum atomic E-state index is 13.1. The lowest BCUT2D eigenvalue weighted by molar-refractivity contribution is -0.141. The Labute approximate surface area is 140 Å². The van der Waals surface area contributed by atoms with Gasteiger partial charge in [0.15, 0.2) is 0 Å². The van der Waals surface area contributed by atoms with E-state index in [1.165, 1.54) is 12.1 Å². The first-order chi connectivity index (χ1) is 11.0. The maximum absolute atomic E-state index is 13.1. The lowest BCUT2D eigenvalue weighted by atomic mass is 9.93. The van der Waals surface area contributed by atoms with Crippen molar-refractivity contribution in [1.82, 2.24) is 0 Å². The quantitative estimate of drug-likeness (QED) is 0.790. The molecular weight excluding hydrogens is 323 g/mol. The standard InChI is InChI=1S/C17H24F3NO3/c1-6-24-16(4,10-11(2)3)15(22)21-12-7-8-14(23-5)13(9-12)17(18,19)20/h7-9,11H,6,10H2,1-5H3,(H,21,22)/t16-/m1/s1. The second-order valence-corrected chi connectivity index (χ2v) is 6.13. The average Bonchev–Trinajstić information content (AvgIpc) is 2.45. The first kappa shape index (κ1) is 20.3. The number of benzene rings is 1. The van der Waals surface area contributed by atoms with Gasteiger partial charge >= 0.3 is 6.18 Å². The monoisotopic (exact) mass is 347 g/mol. The van der Waals surface area contributed by atoms with Crippen molar-refractivity contribution in [1.29, 1.82) is 0 Å². The number of rotatable bonds is 7. The van der Waals surface area contributed by atoms with Gasteiger partial charge in [-0.1, -0.05) is 13.8 Å². The van der Waals surface area contributed by atoms with Gasteiger partial charge in [0.25, 0.3) is 5.91 Å². The normalized spacial score (nSPS) is 14.4. The number of ether oxygens (including phenoxy) is 2. The van der Waals surface area contributed by atoms with Crippen molar-refractivity contribution in [3.8, 4) is 5.75 Å². The summed E-state index contributed by atoms with van der Waals surface area (Å²) in [5, 5.41) is 2.52. The smallest absolute Gasteiger partial charge is 0.420 e. The van der Waals surface area contributed by atoms with Crippen LogP contribution in [0.4, 0.5) is 18.9 Å².